The van der Waals surface area contributed by atoms with Crippen LogP contribution in [0.1, 0.15) is 23.4 Å². The molecule has 1 aromatic carbocycles. The van der Waals surface area contributed by atoms with Crippen LogP contribution in [0.5, 0.6) is 0 Å². The van der Waals surface area contributed by atoms with Crippen LogP contribution >= 0.6 is 0 Å². The number of benzene rings is 1. The topological polar surface area (TPSA) is 51.0 Å². The highest BCUT2D eigenvalue weighted by Gasteiger charge is 2.16. The Morgan fingerprint density at radius 2 is 2.00 bits per heavy atom. The zero-order valence-corrected chi connectivity index (χ0v) is 9.47. The fourth-order valence-electron chi connectivity index (χ4n) is 1.62. The number of likely N-dealkylation sites (N-methyl/N-ethyl adjacent to an activating group) is 1. The molecule has 0 unspecified atom stereocenters. The molecule has 0 spiro atoms. The first-order chi connectivity index (χ1) is 7.79. The lowest BCUT2D eigenvalue weighted by atomic mass is 10.1. The summed E-state index contributed by atoms with van der Waals surface area (Å²) < 4.78 is 5.42. The zero-order chi connectivity index (χ0) is 11.4. The lowest BCUT2D eigenvalue weighted by Gasteiger charge is -2.11. The molecule has 1 N–H and O–H groups in total. The average molecular weight is 217 g/mol. The molecule has 0 aliphatic rings. The Morgan fingerprint density at radius 3 is 2.56 bits per heavy atom. The van der Waals surface area contributed by atoms with E-state index in [0.29, 0.717) is 11.8 Å². The second kappa shape index (κ2) is 4.90. The van der Waals surface area contributed by atoms with E-state index in [-0.39, 0.29) is 6.04 Å². The van der Waals surface area contributed by atoms with Gasteiger partial charge in [0.1, 0.15) is 0 Å². The van der Waals surface area contributed by atoms with Crippen molar-refractivity contribution in [2.45, 2.75) is 19.4 Å². The molecule has 0 aliphatic carbocycles. The van der Waals surface area contributed by atoms with E-state index in [1.807, 2.05) is 25.2 Å². The molecule has 1 atom stereocenters. The molecule has 0 saturated carbocycles. The molecule has 1 heterocycles. The smallest absolute Gasteiger partial charge is 0.233 e. The minimum atomic E-state index is 0.0728. The molecule has 0 saturated heterocycles. The van der Waals surface area contributed by atoms with Gasteiger partial charge in [0, 0.05) is 6.92 Å². The van der Waals surface area contributed by atoms with Crippen LogP contribution in [0.15, 0.2) is 34.7 Å². The van der Waals surface area contributed by atoms with E-state index in [4.69, 9.17) is 4.42 Å². The summed E-state index contributed by atoms with van der Waals surface area (Å²) in [6, 6.07) is 10.3. The van der Waals surface area contributed by atoms with E-state index in [9.17, 15) is 0 Å². The summed E-state index contributed by atoms with van der Waals surface area (Å²) in [5.41, 5.74) is 1.25. The molecule has 2 rings (SSSR count). The Bertz CT molecular complexity index is 439. The van der Waals surface area contributed by atoms with Gasteiger partial charge in [-0.25, -0.2) is 0 Å². The second-order valence-corrected chi connectivity index (χ2v) is 3.69. The van der Waals surface area contributed by atoms with E-state index in [1.54, 1.807) is 6.92 Å². The van der Waals surface area contributed by atoms with Crippen molar-refractivity contribution in [2.75, 3.05) is 7.05 Å². The first-order valence-electron chi connectivity index (χ1n) is 5.31. The number of hydrogen-bond acceptors (Lipinski definition) is 4. The Balaban J connectivity index is 2.12. The molecule has 0 aliphatic heterocycles. The minimum absolute atomic E-state index is 0.0728. The van der Waals surface area contributed by atoms with Crippen LogP contribution in [0.3, 0.4) is 0 Å². The van der Waals surface area contributed by atoms with Crippen molar-refractivity contribution in [3.63, 3.8) is 0 Å². The van der Waals surface area contributed by atoms with E-state index < -0.39 is 0 Å². The van der Waals surface area contributed by atoms with Gasteiger partial charge in [0.25, 0.3) is 0 Å². The monoisotopic (exact) mass is 217 g/mol. The maximum absolute atomic E-state index is 5.42. The Kier molecular flexibility index (Phi) is 3.31. The molecule has 16 heavy (non-hydrogen) atoms. The Morgan fingerprint density at radius 1 is 1.25 bits per heavy atom. The first-order valence-corrected chi connectivity index (χ1v) is 5.31. The molecule has 84 valence electrons. The van der Waals surface area contributed by atoms with Gasteiger partial charge >= 0.3 is 0 Å². The summed E-state index contributed by atoms with van der Waals surface area (Å²) in [6.07, 6.45) is 0.846. The third-order valence-corrected chi connectivity index (χ3v) is 2.47. The van der Waals surface area contributed by atoms with Gasteiger partial charge in [0.05, 0.1) is 6.04 Å². The van der Waals surface area contributed by atoms with Crippen LogP contribution in [-0.4, -0.2) is 17.2 Å². The van der Waals surface area contributed by atoms with E-state index in [2.05, 4.69) is 27.6 Å². The summed E-state index contributed by atoms with van der Waals surface area (Å²) in [5.74, 6) is 1.24. The van der Waals surface area contributed by atoms with Crippen molar-refractivity contribution in [2.24, 2.45) is 0 Å². The summed E-state index contributed by atoms with van der Waals surface area (Å²) in [5, 5.41) is 11.1. The van der Waals surface area contributed by atoms with Gasteiger partial charge in [0.2, 0.25) is 11.8 Å². The Labute approximate surface area is 94.7 Å². The van der Waals surface area contributed by atoms with Crippen molar-refractivity contribution in [3.8, 4) is 0 Å². The van der Waals surface area contributed by atoms with Crippen molar-refractivity contribution in [1.29, 1.82) is 0 Å². The van der Waals surface area contributed by atoms with Gasteiger partial charge < -0.3 is 9.73 Å². The highest BCUT2D eigenvalue weighted by Crippen LogP contribution is 2.16. The van der Waals surface area contributed by atoms with Crippen LogP contribution in [0.2, 0.25) is 0 Å². The normalized spacial score (nSPS) is 12.6. The number of nitrogens with one attached hydrogen (secondary N) is 1. The molecule has 4 heteroatoms. The Hall–Kier alpha value is -1.68. The second-order valence-electron chi connectivity index (χ2n) is 3.69. The molecular weight excluding hydrogens is 202 g/mol. The van der Waals surface area contributed by atoms with Gasteiger partial charge in [-0.1, -0.05) is 30.3 Å². The molecular formula is C12H15N3O. The van der Waals surface area contributed by atoms with E-state index >= 15 is 0 Å². The van der Waals surface area contributed by atoms with Crippen LogP contribution in [-0.2, 0) is 6.42 Å². The zero-order valence-electron chi connectivity index (χ0n) is 9.47. The first kappa shape index (κ1) is 10.8. The number of nitrogens with zero attached hydrogens (tertiary/aromatic N) is 2. The fraction of sp³-hybridized carbons (Fsp3) is 0.333. The van der Waals surface area contributed by atoms with Gasteiger partial charge in [-0.2, -0.15) is 0 Å². The number of aromatic nitrogens is 2. The van der Waals surface area contributed by atoms with Crippen LogP contribution in [0.4, 0.5) is 0 Å². The molecule has 2 aromatic rings. The molecule has 0 fully saturated rings. The lowest BCUT2D eigenvalue weighted by Crippen LogP contribution is -2.19. The third kappa shape index (κ3) is 2.46. The van der Waals surface area contributed by atoms with Crippen molar-refractivity contribution in [3.05, 3.63) is 47.7 Å². The highest BCUT2D eigenvalue weighted by atomic mass is 16.4. The molecule has 0 amide bonds. The SMILES string of the molecule is CN[C@@H](Cc1ccccc1)c1nnc(C)o1. The van der Waals surface area contributed by atoms with Gasteiger partial charge in [-0.05, 0) is 19.0 Å². The molecule has 1 aromatic heterocycles. The molecule has 0 bridgehead atoms. The van der Waals surface area contributed by atoms with Crippen molar-refractivity contribution >= 4 is 0 Å². The van der Waals surface area contributed by atoms with Crippen LogP contribution in [0.25, 0.3) is 0 Å². The predicted molar refractivity (Wildman–Crippen MR) is 61.0 cm³/mol. The maximum Gasteiger partial charge on any atom is 0.233 e. The quantitative estimate of drug-likeness (QED) is 0.849. The molecule has 4 nitrogen and oxygen atoms in total. The lowest BCUT2D eigenvalue weighted by molar-refractivity contribution is 0.400. The van der Waals surface area contributed by atoms with Gasteiger partial charge in [-0.3, -0.25) is 0 Å². The largest absolute Gasteiger partial charge is 0.424 e. The minimum Gasteiger partial charge on any atom is -0.424 e. The van der Waals surface area contributed by atoms with Crippen LogP contribution in [0, 0.1) is 6.92 Å². The van der Waals surface area contributed by atoms with E-state index in [1.165, 1.54) is 5.56 Å². The average Bonchev–Trinajstić information content (AvgIpc) is 2.74. The maximum atomic E-state index is 5.42. The molecule has 0 radical (unpaired) electrons. The predicted octanol–water partition coefficient (Wildman–Crippen LogP) is 1.88. The van der Waals surface area contributed by atoms with Gasteiger partial charge in [-0.15, -0.1) is 10.2 Å². The summed E-state index contributed by atoms with van der Waals surface area (Å²) in [6.45, 7) is 1.80. The summed E-state index contributed by atoms with van der Waals surface area (Å²) >= 11 is 0. The van der Waals surface area contributed by atoms with Crippen LogP contribution < -0.4 is 5.32 Å². The number of rotatable bonds is 4. The summed E-state index contributed by atoms with van der Waals surface area (Å²) in [7, 11) is 1.90. The summed E-state index contributed by atoms with van der Waals surface area (Å²) in [4.78, 5) is 0. The third-order valence-electron chi connectivity index (χ3n) is 2.47. The standard InChI is InChI=1S/C12H15N3O/c1-9-14-15-12(16-9)11(13-2)8-10-6-4-3-5-7-10/h3-7,11,13H,8H2,1-2H3/t11-/m0/s1. The highest BCUT2D eigenvalue weighted by molar-refractivity contribution is 5.16. The number of aryl methyl sites for hydroxylation is 1. The van der Waals surface area contributed by atoms with Crippen molar-refractivity contribution in [1.82, 2.24) is 15.5 Å². The van der Waals surface area contributed by atoms with Gasteiger partial charge in [0.15, 0.2) is 0 Å². The fourth-order valence-corrected chi connectivity index (χ4v) is 1.62. The van der Waals surface area contributed by atoms with E-state index in [0.717, 1.165) is 6.42 Å². The van der Waals surface area contributed by atoms with Crippen molar-refractivity contribution < 1.29 is 4.42 Å². The number of hydrogen-bond donors (Lipinski definition) is 1.